The first-order valence-corrected chi connectivity index (χ1v) is 11.4. The summed E-state index contributed by atoms with van der Waals surface area (Å²) in [7, 11) is 1.87. The fourth-order valence-electron chi connectivity index (χ4n) is 4.30. The summed E-state index contributed by atoms with van der Waals surface area (Å²) in [5, 5.41) is 6.37. The van der Waals surface area contributed by atoms with Crippen molar-refractivity contribution in [3.8, 4) is 16.8 Å². The Morgan fingerprint density at radius 1 is 1.03 bits per heavy atom. The molecule has 0 aliphatic carbocycles. The first-order chi connectivity index (χ1) is 16.9. The number of imidazole rings is 1. The maximum atomic E-state index is 13.8. The second kappa shape index (κ2) is 8.81. The van der Waals surface area contributed by atoms with Gasteiger partial charge in [0.25, 0.3) is 5.91 Å². The van der Waals surface area contributed by atoms with Crippen LogP contribution in [0.3, 0.4) is 0 Å². The van der Waals surface area contributed by atoms with Crippen LogP contribution in [0.15, 0.2) is 66.7 Å². The van der Waals surface area contributed by atoms with Crippen LogP contribution in [0.1, 0.15) is 16.3 Å². The van der Waals surface area contributed by atoms with Crippen molar-refractivity contribution in [1.29, 1.82) is 0 Å². The number of fused-ring (bicyclic) bond motifs is 1. The number of nitrogen functional groups attached to an aromatic ring is 1. The van der Waals surface area contributed by atoms with Gasteiger partial charge in [0.1, 0.15) is 12.4 Å². The van der Waals surface area contributed by atoms with E-state index in [-0.39, 0.29) is 29.9 Å². The highest BCUT2D eigenvalue weighted by Gasteiger charge is 2.33. The van der Waals surface area contributed by atoms with Crippen molar-refractivity contribution in [3.05, 3.63) is 83.3 Å². The number of hydrogen-bond acceptors (Lipinski definition) is 5. The van der Waals surface area contributed by atoms with E-state index in [1.807, 2.05) is 55.6 Å². The molecule has 35 heavy (non-hydrogen) atoms. The van der Waals surface area contributed by atoms with E-state index in [0.717, 1.165) is 16.8 Å². The molecular weight excluding hydrogens is 464 g/mol. The van der Waals surface area contributed by atoms with E-state index in [9.17, 15) is 9.59 Å². The van der Waals surface area contributed by atoms with Crippen LogP contribution < -0.4 is 21.3 Å². The third-order valence-corrected chi connectivity index (χ3v) is 6.32. The fourth-order valence-corrected chi connectivity index (χ4v) is 4.42. The Hall–Kier alpha value is -4.30. The number of carbonyl (C=O) groups excluding carboxylic acids is 2. The highest BCUT2D eigenvalue weighted by Crippen LogP contribution is 2.32. The zero-order valence-electron chi connectivity index (χ0n) is 19.2. The molecule has 2 amide bonds. The first kappa shape index (κ1) is 22.5. The van der Waals surface area contributed by atoms with Gasteiger partial charge in [-0.25, -0.2) is 4.98 Å². The van der Waals surface area contributed by atoms with Crippen molar-refractivity contribution < 1.29 is 9.59 Å². The zero-order valence-corrected chi connectivity index (χ0v) is 19.9. The molecule has 0 bridgehead atoms. The molecule has 0 spiro atoms. The number of rotatable bonds is 4. The Kier molecular flexibility index (Phi) is 5.66. The second-order valence-corrected chi connectivity index (χ2v) is 8.59. The molecule has 9 heteroatoms. The average molecular weight is 487 g/mol. The lowest BCUT2D eigenvalue weighted by atomic mass is 10.0. The van der Waals surface area contributed by atoms with E-state index in [1.165, 1.54) is 4.90 Å². The van der Waals surface area contributed by atoms with E-state index < -0.39 is 0 Å². The topological polar surface area (TPSA) is 105 Å². The number of nitrogens with zero attached hydrogens (tertiary/aromatic N) is 3. The molecule has 8 nitrogen and oxygen atoms in total. The van der Waals surface area contributed by atoms with Gasteiger partial charge in [0.05, 0.1) is 10.7 Å². The van der Waals surface area contributed by atoms with Crippen molar-refractivity contribution in [1.82, 2.24) is 9.55 Å². The molecule has 5 rings (SSSR count). The Morgan fingerprint density at radius 2 is 1.74 bits per heavy atom. The molecular formula is C26H23ClN6O2. The summed E-state index contributed by atoms with van der Waals surface area (Å²) in [6.45, 7) is 1.63. The lowest BCUT2D eigenvalue weighted by Crippen LogP contribution is -2.36. The van der Waals surface area contributed by atoms with Crippen LogP contribution in [0, 0.1) is 6.92 Å². The number of para-hydroxylation sites is 1. The molecule has 0 atom stereocenters. The number of halogens is 1. The Balaban J connectivity index is 1.57. The van der Waals surface area contributed by atoms with E-state index in [1.54, 1.807) is 29.7 Å². The molecule has 0 unspecified atom stereocenters. The van der Waals surface area contributed by atoms with Crippen LogP contribution in [0.5, 0.6) is 0 Å². The van der Waals surface area contributed by atoms with Crippen LogP contribution >= 0.6 is 11.6 Å². The summed E-state index contributed by atoms with van der Waals surface area (Å²) in [6.07, 6.45) is 0. The predicted molar refractivity (Wildman–Crippen MR) is 139 cm³/mol. The Morgan fingerprint density at radius 3 is 2.46 bits per heavy atom. The van der Waals surface area contributed by atoms with E-state index in [4.69, 9.17) is 17.3 Å². The molecule has 4 N–H and O–H groups in total. The first-order valence-electron chi connectivity index (χ1n) is 11.0. The highest BCUT2D eigenvalue weighted by molar-refractivity contribution is 6.33. The molecule has 176 valence electrons. The average Bonchev–Trinajstić information content (AvgIpc) is 3.13. The second-order valence-electron chi connectivity index (χ2n) is 8.18. The number of amides is 2. The lowest BCUT2D eigenvalue weighted by Gasteiger charge is -2.21. The van der Waals surface area contributed by atoms with Gasteiger partial charge >= 0.3 is 0 Å². The van der Waals surface area contributed by atoms with Crippen molar-refractivity contribution in [2.24, 2.45) is 0 Å². The number of anilines is 4. The zero-order chi connectivity index (χ0) is 24.7. The summed E-state index contributed by atoms with van der Waals surface area (Å²) in [4.78, 5) is 32.4. The molecule has 2 heterocycles. The van der Waals surface area contributed by atoms with Gasteiger partial charge in [-0.2, -0.15) is 0 Å². The molecule has 1 aliphatic rings. The van der Waals surface area contributed by atoms with E-state index in [0.29, 0.717) is 27.9 Å². The van der Waals surface area contributed by atoms with Crippen LogP contribution in [0.25, 0.3) is 16.8 Å². The predicted octanol–water partition coefficient (Wildman–Crippen LogP) is 4.72. The summed E-state index contributed by atoms with van der Waals surface area (Å²) in [6, 6.07) is 20.6. The molecule has 0 saturated heterocycles. The van der Waals surface area contributed by atoms with E-state index in [2.05, 4.69) is 15.6 Å². The SMILES string of the molecule is CNc1ccccc1-c1ccc(N2CC(=O)Nc3nc(C)n(-c4ccc(Cl)c(N)c4)c3C2=O)cc1. The quantitative estimate of drug-likeness (QED) is 0.362. The minimum atomic E-state index is -0.351. The normalized spacial score (nSPS) is 13.3. The maximum absolute atomic E-state index is 13.8. The van der Waals surface area contributed by atoms with Gasteiger partial charge in [-0.3, -0.25) is 19.1 Å². The third kappa shape index (κ3) is 3.98. The van der Waals surface area contributed by atoms with Gasteiger partial charge in [0.2, 0.25) is 5.91 Å². The fraction of sp³-hybridized carbons (Fsp3) is 0.115. The summed E-state index contributed by atoms with van der Waals surface area (Å²) >= 11 is 6.09. The number of aryl methyl sites for hydroxylation is 1. The van der Waals surface area contributed by atoms with Crippen LogP contribution in [-0.4, -0.2) is 35.0 Å². The molecule has 3 aromatic carbocycles. The van der Waals surface area contributed by atoms with Gasteiger partial charge in [-0.05, 0) is 48.9 Å². The molecule has 1 aliphatic heterocycles. The lowest BCUT2D eigenvalue weighted by molar-refractivity contribution is -0.114. The minimum absolute atomic E-state index is 0.135. The monoisotopic (exact) mass is 486 g/mol. The molecule has 4 aromatic rings. The van der Waals surface area contributed by atoms with Crippen LogP contribution in [-0.2, 0) is 4.79 Å². The van der Waals surface area contributed by atoms with Crippen molar-refractivity contribution in [2.75, 3.05) is 34.9 Å². The smallest absolute Gasteiger partial charge is 0.279 e. The number of aromatic nitrogens is 2. The van der Waals surface area contributed by atoms with Crippen molar-refractivity contribution in [3.63, 3.8) is 0 Å². The molecule has 0 saturated carbocycles. The van der Waals surface area contributed by atoms with Gasteiger partial charge in [-0.1, -0.05) is 41.9 Å². The Bertz CT molecular complexity index is 1460. The number of nitrogens with two attached hydrogens (primary N) is 1. The van der Waals surface area contributed by atoms with E-state index >= 15 is 0 Å². The highest BCUT2D eigenvalue weighted by atomic mass is 35.5. The van der Waals surface area contributed by atoms with Crippen molar-refractivity contribution >= 4 is 46.3 Å². The Labute approximate surface area is 207 Å². The maximum Gasteiger partial charge on any atom is 0.279 e. The standard InChI is InChI=1S/C26H23ClN6O2/c1-15-30-25-24(33(15)18-11-12-20(27)21(28)13-18)26(35)32(14-23(34)31-25)17-9-7-16(8-10-17)19-5-3-4-6-22(19)29-2/h3-13,29H,14,28H2,1-2H3,(H,31,34). The number of carbonyl (C=O) groups is 2. The van der Waals surface area contributed by atoms with Crippen LogP contribution in [0.4, 0.5) is 22.9 Å². The number of benzene rings is 3. The summed E-state index contributed by atoms with van der Waals surface area (Å²) < 4.78 is 1.68. The largest absolute Gasteiger partial charge is 0.397 e. The molecule has 1 aromatic heterocycles. The number of hydrogen-bond donors (Lipinski definition) is 3. The van der Waals surface area contributed by atoms with Crippen molar-refractivity contribution in [2.45, 2.75) is 6.92 Å². The third-order valence-electron chi connectivity index (χ3n) is 5.98. The summed E-state index contributed by atoms with van der Waals surface area (Å²) in [5.41, 5.74) is 10.9. The minimum Gasteiger partial charge on any atom is -0.397 e. The molecule has 0 fully saturated rings. The van der Waals surface area contributed by atoms with Crippen LogP contribution in [0.2, 0.25) is 5.02 Å². The van der Waals surface area contributed by atoms with Gasteiger partial charge in [-0.15, -0.1) is 0 Å². The van der Waals surface area contributed by atoms with Gasteiger partial charge in [0.15, 0.2) is 11.5 Å². The van der Waals surface area contributed by atoms with Gasteiger partial charge < -0.3 is 16.4 Å². The molecule has 0 radical (unpaired) electrons. The van der Waals surface area contributed by atoms with Gasteiger partial charge in [0, 0.05) is 29.7 Å². The summed E-state index contributed by atoms with van der Waals surface area (Å²) in [5.74, 6) is 0.0668. The number of nitrogens with one attached hydrogen (secondary N) is 2.